The zero-order chi connectivity index (χ0) is 18.8. The zero-order valence-corrected chi connectivity index (χ0v) is 17.1. The summed E-state index contributed by atoms with van der Waals surface area (Å²) < 4.78 is 13.4. The van der Waals surface area contributed by atoms with Crippen LogP contribution in [0.1, 0.15) is 51.4 Å². The van der Waals surface area contributed by atoms with Crippen LogP contribution in [0.25, 0.3) is 0 Å². The number of piperidine rings is 1. The lowest BCUT2D eigenvalue weighted by Gasteiger charge is -2.33. The van der Waals surface area contributed by atoms with Crippen LogP contribution in [-0.2, 0) is 4.84 Å². The highest BCUT2D eigenvalue weighted by Crippen LogP contribution is 2.26. The van der Waals surface area contributed by atoms with E-state index in [1.165, 1.54) is 38.8 Å². The van der Waals surface area contributed by atoms with Gasteiger partial charge >= 0.3 is 0 Å². The molecule has 0 bridgehead atoms. The van der Waals surface area contributed by atoms with Crippen LogP contribution in [0.2, 0.25) is 0 Å². The van der Waals surface area contributed by atoms with E-state index in [1.54, 1.807) is 4.90 Å². The lowest BCUT2D eigenvalue weighted by atomic mass is 9.87. The quantitative estimate of drug-likeness (QED) is 0.501. The Morgan fingerprint density at radius 2 is 1.93 bits per heavy atom. The summed E-state index contributed by atoms with van der Waals surface area (Å²) in [6.45, 7) is 3.59. The summed E-state index contributed by atoms with van der Waals surface area (Å²) in [6.07, 6.45) is 9.16. The number of rotatable bonds is 5. The van der Waals surface area contributed by atoms with Gasteiger partial charge in [0.05, 0.1) is 25.8 Å². The van der Waals surface area contributed by atoms with Gasteiger partial charge in [0, 0.05) is 31.1 Å². The first kappa shape index (κ1) is 20.0. The van der Waals surface area contributed by atoms with Crippen LogP contribution in [0.3, 0.4) is 0 Å². The van der Waals surface area contributed by atoms with Crippen molar-refractivity contribution in [1.82, 2.24) is 15.7 Å². The molecule has 3 heterocycles. The molecule has 0 aromatic heterocycles. The summed E-state index contributed by atoms with van der Waals surface area (Å²) in [7, 11) is 4.34. The maximum absolute atomic E-state index is 13.4. The molecule has 1 aliphatic carbocycles. The van der Waals surface area contributed by atoms with Crippen molar-refractivity contribution in [3.63, 3.8) is 0 Å². The van der Waals surface area contributed by atoms with Crippen molar-refractivity contribution in [2.45, 2.75) is 82.1 Å². The van der Waals surface area contributed by atoms with Gasteiger partial charge in [0.1, 0.15) is 18.4 Å². The number of nitrogens with two attached hydrogens (primary N) is 1. The molecule has 3 saturated heterocycles. The number of likely N-dealkylation sites (tertiary alicyclic amines) is 1. The van der Waals surface area contributed by atoms with E-state index in [-0.39, 0.29) is 12.4 Å². The van der Waals surface area contributed by atoms with Gasteiger partial charge in [-0.3, -0.25) is 15.1 Å². The third-order valence-electron chi connectivity index (χ3n) is 7.57. The molecule has 0 amide bonds. The smallest absolute Gasteiger partial charge is 0.183 e. The molecule has 7 heteroatoms. The molecule has 6 atom stereocenters. The van der Waals surface area contributed by atoms with Gasteiger partial charge < -0.3 is 10.2 Å². The highest BCUT2D eigenvalue weighted by atomic mass is 19.1. The summed E-state index contributed by atoms with van der Waals surface area (Å²) in [5.74, 6) is 1.32. The molecule has 3 aliphatic heterocycles. The Labute approximate surface area is 163 Å². The summed E-state index contributed by atoms with van der Waals surface area (Å²) in [5, 5.41) is 6.24. The van der Waals surface area contributed by atoms with Crippen molar-refractivity contribution in [3.05, 3.63) is 0 Å². The first-order chi connectivity index (χ1) is 13.1. The summed E-state index contributed by atoms with van der Waals surface area (Å²) in [6, 6.07) is 0.535. The molecule has 0 spiro atoms. The largest absolute Gasteiger partial charge is 0.331 e. The fourth-order valence-electron chi connectivity index (χ4n) is 5.80. The van der Waals surface area contributed by atoms with E-state index < -0.39 is 6.17 Å². The van der Waals surface area contributed by atoms with Crippen molar-refractivity contribution in [3.8, 4) is 0 Å². The van der Waals surface area contributed by atoms with Crippen LogP contribution in [0, 0.1) is 11.8 Å². The number of quaternary nitrogens is 2. The van der Waals surface area contributed by atoms with Gasteiger partial charge in [-0.15, -0.1) is 0 Å². The van der Waals surface area contributed by atoms with Gasteiger partial charge in [-0.05, 0) is 46.2 Å². The SMILES string of the molecule is CN(C)C1CCC(C2NOC(C3CCC[NH+]3CC3CCC(F)CC3)N2)C[NH2+]1. The predicted molar refractivity (Wildman–Crippen MR) is 102 cm³/mol. The Balaban J connectivity index is 1.25. The Hall–Kier alpha value is -0.310. The molecule has 5 N–H and O–H groups in total. The lowest BCUT2D eigenvalue weighted by molar-refractivity contribution is -0.919. The molecule has 4 aliphatic rings. The average molecular weight is 386 g/mol. The van der Waals surface area contributed by atoms with E-state index in [2.05, 4.69) is 35.1 Å². The highest BCUT2D eigenvalue weighted by Gasteiger charge is 2.44. The number of hydrogen-bond donors (Lipinski definition) is 4. The van der Waals surface area contributed by atoms with E-state index in [1.807, 2.05) is 0 Å². The molecule has 0 aromatic rings. The second-order valence-electron chi connectivity index (χ2n) is 9.62. The zero-order valence-electron chi connectivity index (χ0n) is 17.1. The molecular formula is C20H40FN5O+2. The third-order valence-corrected chi connectivity index (χ3v) is 7.57. The van der Waals surface area contributed by atoms with Gasteiger partial charge in [-0.25, -0.2) is 4.39 Å². The normalized spacial score (nSPS) is 46.2. The van der Waals surface area contributed by atoms with Crippen molar-refractivity contribution >= 4 is 0 Å². The van der Waals surface area contributed by atoms with Gasteiger partial charge in [0.15, 0.2) is 6.23 Å². The van der Waals surface area contributed by atoms with E-state index in [9.17, 15) is 4.39 Å². The van der Waals surface area contributed by atoms with Gasteiger partial charge in [0.25, 0.3) is 0 Å². The molecule has 4 rings (SSSR count). The van der Waals surface area contributed by atoms with Crippen LogP contribution in [-0.4, -0.2) is 69.4 Å². The summed E-state index contributed by atoms with van der Waals surface area (Å²) in [5.41, 5.74) is 3.32. The molecule has 6 nitrogen and oxygen atoms in total. The highest BCUT2D eigenvalue weighted by molar-refractivity contribution is 4.84. The number of hydroxylamine groups is 1. The minimum Gasteiger partial charge on any atom is -0.331 e. The van der Waals surface area contributed by atoms with E-state index in [0.717, 1.165) is 32.2 Å². The Kier molecular flexibility index (Phi) is 6.67. The van der Waals surface area contributed by atoms with Crippen molar-refractivity contribution in [2.75, 3.05) is 33.7 Å². The molecule has 27 heavy (non-hydrogen) atoms. The van der Waals surface area contributed by atoms with Gasteiger partial charge in [-0.1, -0.05) is 0 Å². The van der Waals surface area contributed by atoms with Gasteiger partial charge in [-0.2, -0.15) is 5.48 Å². The molecule has 4 fully saturated rings. The maximum Gasteiger partial charge on any atom is 0.183 e. The molecule has 1 saturated carbocycles. The minimum absolute atomic E-state index is 0.122. The number of alkyl halides is 1. The Morgan fingerprint density at radius 1 is 1.11 bits per heavy atom. The van der Waals surface area contributed by atoms with Crippen LogP contribution in [0.4, 0.5) is 4.39 Å². The second-order valence-corrected chi connectivity index (χ2v) is 9.62. The number of hydrogen-bond acceptors (Lipinski definition) is 4. The Morgan fingerprint density at radius 3 is 2.63 bits per heavy atom. The first-order valence-electron chi connectivity index (χ1n) is 11.3. The monoisotopic (exact) mass is 385 g/mol. The fourth-order valence-corrected chi connectivity index (χ4v) is 5.80. The van der Waals surface area contributed by atoms with Crippen LogP contribution < -0.4 is 21.0 Å². The van der Waals surface area contributed by atoms with Crippen LogP contribution in [0.15, 0.2) is 0 Å². The topological polar surface area (TPSA) is 57.6 Å². The second kappa shape index (κ2) is 9.01. The summed E-state index contributed by atoms with van der Waals surface area (Å²) >= 11 is 0. The molecule has 0 radical (unpaired) electrons. The van der Waals surface area contributed by atoms with Crippen LogP contribution >= 0.6 is 0 Å². The van der Waals surface area contributed by atoms with E-state index in [4.69, 9.17) is 4.84 Å². The van der Waals surface area contributed by atoms with Crippen LogP contribution in [0.5, 0.6) is 0 Å². The molecule has 6 unspecified atom stereocenters. The number of nitrogens with zero attached hydrogens (tertiary/aromatic N) is 1. The number of halogens is 1. The maximum atomic E-state index is 13.4. The molecule has 0 aromatic carbocycles. The lowest BCUT2D eigenvalue weighted by Crippen LogP contribution is -3.15. The first-order valence-corrected chi connectivity index (χ1v) is 11.3. The number of nitrogens with one attached hydrogen (secondary N) is 3. The fraction of sp³-hybridized carbons (Fsp3) is 1.00. The van der Waals surface area contributed by atoms with E-state index in [0.29, 0.717) is 24.0 Å². The summed E-state index contributed by atoms with van der Waals surface area (Å²) in [4.78, 5) is 10.0. The van der Waals surface area contributed by atoms with Gasteiger partial charge in [0.2, 0.25) is 0 Å². The predicted octanol–water partition coefficient (Wildman–Crippen LogP) is -0.800. The standard InChI is InChI=1S/C20H38FN5O/c1-25(2)18-10-7-15(12-22-18)19-23-20(27-24-19)17-4-3-11-26(17)13-14-5-8-16(21)9-6-14/h14-20,22-24H,3-13H2,1-2H3/p+2. The van der Waals surface area contributed by atoms with E-state index >= 15 is 0 Å². The van der Waals surface area contributed by atoms with Crippen molar-refractivity contribution in [1.29, 1.82) is 0 Å². The third kappa shape index (κ3) is 4.82. The molecule has 156 valence electrons. The van der Waals surface area contributed by atoms with Crippen molar-refractivity contribution in [2.24, 2.45) is 11.8 Å². The Bertz CT molecular complexity index is 465. The average Bonchev–Trinajstić information content (AvgIpc) is 3.33. The minimum atomic E-state index is -0.546. The van der Waals surface area contributed by atoms with Crippen molar-refractivity contribution < 1.29 is 19.4 Å². The molecular weight excluding hydrogens is 345 g/mol.